The summed E-state index contributed by atoms with van der Waals surface area (Å²) in [7, 11) is 0. The van der Waals surface area contributed by atoms with Gasteiger partial charge in [0.15, 0.2) is 0 Å². The maximum atomic E-state index is 12.8. The molecular formula is C18H33N5O6S. The lowest BCUT2D eigenvalue weighted by Gasteiger charge is -2.24. The first-order valence-electron chi connectivity index (χ1n) is 9.60. The number of thioether (sulfide) groups is 1. The van der Waals surface area contributed by atoms with Crippen LogP contribution in [0.25, 0.3) is 0 Å². The Morgan fingerprint density at radius 2 is 1.57 bits per heavy atom. The van der Waals surface area contributed by atoms with Crippen LogP contribution in [0.2, 0.25) is 0 Å². The Morgan fingerprint density at radius 3 is 2.07 bits per heavy atom. The number of carbonyl (C=O) groups excluding carboxylic acids is 4. The highest BCUT2D eigenvalue weighted by molar-refractivity contribution is 7.98. The molecule has 0 fully saturated rings. The van der Waals surface area contributed by atoms with Crippen molar-refractivity contribution in [3.05, 3.63) is 0 Å². The highest BCUT2D eigenvalue weighted by atomic mass is 32.2. The number of carboxylic acids is 1. The predicted octanol–water partition coefficient (Wildman–Crippen LogP) is -1.45. The average molecular weight is 448 g/mol. The van der Waals surface area contributed by atoms with E-state index in [9.17, 15) is 24.0 Å². The molecule has 4 amide bonds. The van der Waals surface area contributed by atoms with Gasteiger partial charge >= 0.3 is 5.97 Å². The molecule has 0 rings (SSSR count). The lowest BCUT2D eigenvalue weighted by Crippen LogP contribution is -2.56. The Morgan fingerprint density at radius 1 is 0.967 bits per heavy atom. The van der Waals surface area contributed by atoms with Gasteiger partial charge < -0.3 is 32.5 Å². The molecule has 30 heavy (non-hydrogen) atoms. The summed E-state index contributed by atoms with van der Waals surface area (Å²) in [5.74, 6) is -2.97. The third-order valence-electron chi connectivity index (χ3n) is 4.04. The van der Waals surface area contributed by atoms with Crippen LogP contribution in [-0.4, -0.2) is 71.4 Å². The van der Waals surface area contributed by atoms with E-state index in [0.717, 1.165) is 0 Å². The van der Waals surface area contributed by atoms with Crippen LogP contribution in [0.5, 0.6) is 0 Å². The molecule has 11 nitrogen and oxygen atoms in total. The van der Waals surface area contributed by atoms with Gasteiger partial charge in [0.1, 0.15) is 18.6 Å². The molecule has 0 saturated carbocycles. The van der Waals surface area contributed by atoms with Crippen molar-refractivity contribution < 1.29 is 29.1 Å². The van der Waals surface area contributed by atoms with Gasteiger partial charge in [0.05, 0.1) is 6.04 Å². The summed E-state index contributed by atoms with van der Waals surface area (Å²) in [5.41, 5.74) is 10.8. The smallest absolute Gasteiger partial charge is 0.322 e. The van der Waals surface area contributed by atoms with Crippen LogP contribution in [0.1, 0.15) is 39.5 Å². The maximum absolute atomic E-state index is 12.8. The minimum absolute atomic E-state index is 0.0472. The summed E-state index contributed by atoms with van der Waals surface area (Å²) in [6.45, 7) is 3.15. The molecule has 172 valence electrons. The fourth-order valence-electron chi connectivity index (χ4n) is 2.47. The highest BCUT2D eigenvalue weighted by Crippen LogP contribution is 2.08. The number of rotatable bonds is 15. The van der Waals surface area contributed by atoms with E-state index in [1.807, 2.05) is 20.1 Å². The van der Waals surface area contributed by atoms with Crippen LogP contribution in [0.3, 0.4) is 0 Å². The SMILES string of the molecule is CSCCC(NC(=O)C(N)CCC(N)=O)C(=O)NC(CC(C)C)C(=O)NCC(=O)O. The molecule has 8 N–H and O–H groups in total. The highest BCUT2D eigenvalue weighted by Gasteiger charge is 2.28. The number of carbonyl (C=O) groups is 5. The molecule has 0 aromatic carbocycles. The van der Waals surface area contributed by atoms with Gasteiger partial charge in [-0.2, -0.15) is 11.8 Å². The van der Waals surface area contributed by atoms with Crippen molar-refractivity contribution in [3.63, 3.8) is 0 Å². The molecule has 0 aliphatic carbocycles. The van der Waals surface area contributed by atoms with E-state index in [1.165, 1.54) is 11.8 Å². The van der Waals surface area contributed by atoms with Crippen LogP contribution in [-0.2, 0) is 24.0 Å². The van der Waals surface area contributed by atoms with Crippen molar-refractivity contribution in [1.29, 1.82) is 0 Å². The van der Waals surface area contributed by atoms with Crippen LogP contribution in [0.4, 0.5) is 0 Å². The molecule has 0 radical (unpaired) electrons. The normalized spacial score (nSPS) is 13.8. The van der Waals surface area contributed by atoms with Gasteiger partial charge in [0.25, 0.3) is 0 Å². The van der Waals surface area contributed by atoms with E-state index >= 15 is 0 Å². The first kappa shape index (κ1) is 27.7. The van der Waals surface area contributed by atoms with E-state index in [1.54, 1.807) is 0 Å². The summed E-state index contributed by atoms with van der Waals surface area (Å²) < 4.78 is 0. The Balaban J connectivity index is 5.16. The van der Waals surface area contributed by atoms with Crippen molar-refractivity contribution >= 4 is 41.4 Å². The first-order chi connectivity index (χ1) is 14.0. The predicted molar refractivity (Wildman–Crippen MR) is 113 cm³/mol. The lowest BCUT2D eigenvalue weighted by molar-refractivity contribution is -0.138. The van der Waals surface area contributed by atoms with Gasteiger partial charge in [-0.1, -0.05) is 13.8 Å². The summed E-state index contributed by atoms with van der Waals surface area (Å²) in [4.78, 5) is 58.9. The van der Waals surface area contributed by atoms with Gasteiger partial charge in [0, 0.05) is 6.42 Å². The molecule has 0 aliphatic heterocycles. The Kier molecular flexibility index (Phi) is 13.5. The van der Waals surface area contributed by atoms with Crippen LogP contribution < -0.4 is 27.4 Å². The van der Waals surface area contributed by atoms with Crippen LogP contribution in [0.15, 0.2) is 0 Å². The summed E-state index contributed by atoms with van der Waals surface area (Å²) in [6.07, 6.45) is 2.42. The zero-order valence-electron chi connectivity index (χ0n) is 17.6. The molecule has 0 aromatic heterocycles. The van der Waals surface area contributed by atoms with Crippen LogP contribution in [0, 0.1) is 5.92 Å². The quantitative estimate of drug-likeness (QED) is 0.175. The third-order valence-corrected chi connectivity index (χ3v) is 4.68. The van der Waals surface area contributed by atoms with E-state index in [0.29, 0.717) is 18.6 Å². The van der Waals surface area contributed by atoms with E-state index in [-0.39, 0.29) is 18.8 Å². The van der Waals surface area contributed by atoms with Crippen molar-refractivity contribution in [3.8, 4) is 0 Å². The van der Waals surface area contributed by atoms with Gasteiger partial charge in [-0.15, -0.1) is 0 Å². The average Bonchev–Trinajstić information content (AvgIpc) is 2.65. The van der Waals surface area contributed by atoms with Gasteiger partial charge in [0.2, 0.25) is 23.6 Å². The van der Waals surface area contributed by atoms with E-state index in [4.69, 9.17) is 16.6 Å². The number of aliphatic carboxylic acids is 1. The molecule has 0 heterocycles. The van der Waals surface area contributed by atoms with Crippen molar-refractivity contribution in [2.24, 2.45) is 17.4 Å². The molecule has 0 bridgehead atoms. The number of nitrogens with two attached hydrogens (primary N) is 2. The number of hydrogen-bond acceptors (Lipinski definition) is 7. The standard InChI is InChI=1S/C18H33N5O6S/c1-10(2)8-13(17(28)21-9-15(25)26)23-18(29)12(6-7-30-3)22-16(27)11(19)4-5-14(20)24/h10-13H,4-9,19H2,1-3H3,(H2,20,24)(H,21,28)(H,22,27)(H,23,29)(H,25,26). The second kappa shape index (κ2) is 14.6. The molecular weight excluding hydrogens is 414 g/mol. The largest absolute Gasteiger partial charge is 0.480 e. The second-order valence-electron chi connectivity index (χ2n) is 7.26. The minimum atomic E-state index is -1.20. The second-order valence-corrected chi connectivity index (χ2v) is 8.24. The fraction of sp³-hybridized carbons (Fsp3) is 0.722. The fourth-order valence-corrected chi connectivity index (χ4v) is 2.94. The molecule has 3 unspecified atom stereocenters. The lowest BCUT2D eigenvalue weighted by atomic mass is 10.0. The maximum Gasteiger partial charge on any atom is 0.322 e. The number of nitrogens with one attached hydrogen (secondary N) is 3. The van der Waals surface area contributed by atoms with Gasteiger partial charge in [-0.05, 0) is 37.2 Å². The number of primary amides is 1. The number of amides is 4. The molecule has 12 heteroatoms. The van der Waals surface area contributed by atoms with Gasteiger partial charge in [-0.3, -0.25) is 24.0 Å². The van der Waals surface area contributed by atoms with Crippen molar-refractivity contribution in [2.45, 2.75) is 57.7 Å². The minimum Gasteiger partial charge on any atom is -0.480 e. The monoisotopic (exact) mass is 447 g/mol. The molecule has 0 aromatic rings. The molecule has 3 atom stereocenters. The van der Waals surface area contributed by atoms with Gasteiger partial charge in [-0.25, -0.2) is 0 Å². The van der Waals surface area contributed by atoms with Crippen molar-refractivity contribution in [2.75, 3.05) is 18.6 Å². The summed E-state index contributed by atoms with van der Waals surface area (Å²) in [6, 6.07) is -2.90. The zero-order valence-corrected chi connectivity index (χ0v) is 18.4. The zero-order chi connectivity index (χ0) is 23.3. The summed E-state index contributed by atoms with van der Waals surface area (Å²) >= 11 is 1.48. The molecule has 0 aliphatic rings. The van der Waals surface area contributed by atoms with E-state index in [2.05, 4.69) is 16.0 Å². The first-order valence-corrected chi connectivity index (χ1v) is 11.0. The third kappa shape index (κ3) is 12.3. The van der Waals surface area contributed by atoms with Crippen molar-refractivity contribution in [1.82, 2.24) is 16.0 Å². The van der Waals surface area contributed by atoms with Crippen LogP contribution >= 0.6 is 11.8 Å². The van der Waals surface area contributed by atoms with E-state index < -0.39 is 54.3 Å². The molecule has 0 saturated heterocycles. The molecule has 0 spiro atoms. The summed E-state index contributed by atoms with van der Waals surface area (Å²) in [5, 5.41) is 16.1. The number of hydrogen-bond donors (Lipinski definition) is 6. The number of carboxylic acid groups (broad SMARTS) is 1. The Labute approximate surface area is 180 Å². The Hall–Kier alpha value is -2.34. The Bertz CT molecular complexity index is 616. The topological polar surface area (TPSA) is 194 Å².